The highest BCUT2D eigenvalue weighted by molar-refractivity contribution is 5.81. The zero-order valence-electron chi connectivity index (χ0n) is 14.3. The summed E-state index contributed by atoms with van der Waals surface area (Å²) in [5.41, 5.74) is -1.31. The lowest BCUT2D eigenvalue weighted by Gasteiger charge is -2.27. The third-order valence-electron chi connectivity index (χ3n) is 3.06. The maximum Gasteiger partial charge on any atom is 0.330 e. The van der Waals surface area contributed by atoms with Gasteiger partial charge < -0.3 is 14.2 Å². The molecule has 0 atom stereocenters. The largest absolute Gasteiger partial charge is 0.465 e. The van der Waals surface area contributed by atoms with Crippen LogP contribution in [0.1, 0.15) is 34.1 Å². The average molecular weight is 326 g/mol. The number of hydrogen-bond acceptors (Lipinski definition) is 6. The number of hydrogen-bond donors (Lipinski definition) is 0. The van der Waals surface area contributed by atoms with E-state index in [-0.39, 0.29) is 19.8 Å². The summed E-state index contributed by atoms with van der Waals surface area (Å²) >= 11 is 0. The van der Waals surface area contributed by atoms with Crippen LogP contribution in [0, 0.1) is 10.8 Å². The molecule has 0 spiro atoms. The van der Waals surface area contributed by atoms with Crippen molar-refractivity contribution >= 4 is 17.9 Å². The minimum atomic E-state index is -0.796. The molecule has 0 amide bonds. The van der Waals surface area contributed by atoms with E-state index < -0.39 is 28.7 Å². The molecule has 0 unspecified atom stereocenters. The van der Waals surface area contributed by atoms with E-state index in [9.17, 15) is 14.4 Å². The predicted molar refractivity (Wildman–Crippen MR) is 85.5 cm³/mol. The molecule has 0 aromatic rings. The van der Waals surface area contributed by atoms with Crippen LogP contribution in [0.4, 0.5) is 0 Å². The minimum absolute atomic E-state index is 0.103. The molecule has 0 N–H and O–H groups in total. The molecule has 0 fully saturated rings. The van der Waals surface area contributed by atoms with Crippen LogP contribution in [0.2, 0.25) is 0 Å². The Bertz CT molecular complexity index is 462. The van der Waals surface area contributed by atoms with Gasteiger partial charge in [0.25, 0.3) is 0 Å². The van der Waals surface area contributed by atoms with Crippen LogP contribution in [0.5, 0.6) is 0 Å². The van der Waals surface area contributed by atoms with Crippen LogP contribution in [0.3, 0.4) is 0 Å². The van der Waals surface area contributed by atoms with E-state index in [4.69, 9.17) is 14.2 Å². The van der Waals surface area contributed by atoms with Gasteiger partial charge in [-0.3, -0.25) is 4.79 Å². The second kappa shape index (κ2) is 9.12. The van der Waals surface area contributed by atoms with Crippen LogP contribution in [-0.2, 0) is 28.6 Å². The monoisotopic (exact) mass is 326 g/mol. The van der Waals surface area contributed by atoms with Gasteiger partial charge in [0.2, 0.25) is 0 Å². The molecule has 0 radical (unpaired) electrons. The summed E-state index contributed by atoms with van der Waals surface area (Å²) in [5.74, 6) is -1.46. The van der Waals surface area contributed by atoms with E-state index >= 15 is 0 Å². The topological polar surface area (TPSA) is 78.9 Å². The summed E-state index contributed by atoms with van der Waals surface area (Å²) in [6.45, 7) is 14.0. The van der Waals surface area contributed by atoms with Crippen molar-refractivity contribution in [3.63, 3.8) is 0 Å². The second-order valence-corrected chi connectivity index (χ2v) is 6.56. The van der Waals surface area contributed by atoms with Crippen LogP contribution < -0.4 is 0 Å². The lowest BCUT2D eigenvalue weighted by Crippen LogP contribution is -2.34. The highest BCUT2D eigenvalue weighted by Crippen LogP contribution is 2.24. The van der Waals surface area contributed by atoms with Crippen LogP contribution in [0.15, 0.2) is 25.3 Å². The Labute approximate surface area is 137 Å². The van der Waals surface area contributed by atoms with Crippen molar-refractivity contribution < 1.29 is 28.6 Å². The molecule has 0 bridgehead atoms. The lowest BCUT2D eigenvalue weighted by atomic mass is 9.89. The Balaban J connectivity index is 4.33. The fraction of sp³-hybridized carbons (Fsp3) is 0.588. The van der Waals surface area contributed by atoms with E-state index in [1.54, 1.807) is 13.8 Å². The standard InChI is InChI=1S/C17H26O6/c1-7-13(18)21-10-9-17(5,6)15(20)23-12-16(3,4)11-22-14(19)8-2/h7-8H,1-2,9-12H2,3-6H3. The van der Waals surface area contributed by atoms with Gasteiger partial charge in [-0.1, -0.05) is 27.0 Å². The first-order chi connectivity index (χ1) is 10.5. The SMILES string of the molecule is C=CC(=O)OCCC(C)(C)C(=O)OCC(C)(C)COC(=O)C=C. The third kappa shape index (κ3) is 8.80. The maximum atomic E-state index is 12.1. The molecule has 0 saturated heterocycles. The highest BCUT2D eigenvalue weighted by atomic mass is 16.6. The quantitative estimate of drug-likeness (QED) is 0.348. The van der Waals surface area contributed by atoms with Gasteiger partial charge in [0.05, 0.1) is 25.2 Å². The number of esters is 3. The molecule has 130 valence electrons. The van der Waals surface area contributed by atoms with Crippen molar-refractivity contribution in [1.82, 2.24) is 0 Å². The van der Waals surface area contributed by atoms with Gasteiger partial charge in [-0.05, 0) is 20.3 Å². The van der Waals surface area contributed by atoms with Crippen molar-refractivity contribution in [3.05, 3.63) is 25.3 Å². The average Bonchev–Trinajstić information content (AvgIpc) is 2.49. The summed E-state index contributed by atoms with van der Waals surface area (Å²) in [7, 11) is 0. The van der Waals surface area contributed by atoms with Gasteiger partial charge in [-0.25, -0.2) is 9.59 Å². The van der Waals surface area contributed by atoms with Gasteiger partial charge in [0.1, 0.15) is 0 Å². The fourth-order valence-electron chi connectivity index (χ4n) is 1.39. The first-order valence-electron chi connectivity index (χ1n) is 7.30. The molecule has 0 aliphatic heterocycles. The van der Waals surface area contributed by atoms with E-state index in [0.717, 1.165) is 12.2 Å². The second-order valence-electron chi connectivity index (χ2n) is 6.56. The number of rotatable bonds is 10. The van der Waals surface area contributed by atoms with Crippen LogP contribution >= 0.6 is 0 Å². The van der Waals surface area contributed by atoms with Crippen LogP contribution in [-0.4, -0.2) is 37.7 Å². The highest BCUT2D eigenvalue weighted by Gasteiger charge is 2.31. The Morgan fingerprint density at radius 1 is 0.870 bits per heavy atom. The van der Waals surface area contributed by atoms with E-state index in [1.165, 1.54) is 0 Å². The smallest absolute Gasteiger partial charge is 0.330 e. The number of carbonyl (C=O) groups is 3. The molecule has 0 aliphatic rings. The van der Waals surface area contributed by atoms with Gasteiger partial charge >= 0.3 is 17.9 Å². The van der Waals surface area contributed by atoms with E-state index in [0.29, 0.717) is 6.42 Å². The van der Waals surface area contributed by atoms with Crippen molar-refractivity contribution in [2.75, 3.05) is 19.8 Å². The molecular weight excluding hydrogens is 300 g/mol. The molecule has 0 rings (SSSR count). The molecule has 0 saturated carbocycles. The van der Waals surface area contributed by atoms with Crippen molar-refractivity contribution in [2.45, 2.75) is 34.1 Å². The van der Waals surface area contributed by atoms with E-state index in [2.05, 4.69) is 13.2 Å². The van der Waals surface area contributed by atoms with Crippen molar-refractivity contribution in [2.24, 2.45) is 10.8 Å². The number of carbonyl (C=O) groups excluding carboxylic acids is 3. The molecule has 0 aromatic carbocycles. The van der Waals surface area contributed by atoms with Gasteiger partial charge in [-0.15, -0.1) is 0 Å². The Morgan fingerprint density at radius 3 is 1.87 bits per heavy atom. The number of ether oxygens (including phenoxy) is 3. The first kappa shape index (κ1) is 20.9. The Morgan fingerprint density at radius 2 is 1.35 bits per heavy atom. The minimum Gasteiger partial charge on any atom is -0.465 e. The maximum absolute atomic E-state index is 12.1. The van der Waals surface area contributed by atoms with Gasteiger partial charge in [0, 0.05) is 17.6 Å². The molecule has 6 nitrogen and oxygen atoms in total. The van der Waals surface area contributed by atoms with Crippen molar-refractivity contribution in [1.29, 1.82) is 0 Å². The fourth-order valence-corrected chi connectivity index (χ4v) is 1.39. The summed E-state index contributed by atoms with van der Waals surface area (Å²) in [5, 5.41) is 0. The molecule has 0 aliphatic carbocycles. The Kier molecular flexibility index (Phi) is 8.29. The summed E-state index contributed by atoms with van der Waals surface area (Å²) in [4.78, 5) is 34.2. The zero-order chi connectivity index (χ0) is 18.1. The lowest BCUT2D eigenvalue weighted by molar-refractivity contribution is -0.161. The summed E-state index contributed by atoms with van der Waals surface area (Å²) in [6, 6.07) is 0. The van der Waals surface area contributed by atoms with E-state index in [1.807, 2.05) is 13.8 Å². The predicted octanol–water partition coefficient (Wildman–Crippen LogP) is 2.43. The Hall–Kier alpha value is -2.11. The van der Waals surface area contributed by atoms with Gasteiger partial charge in [0.15, 0.2) is 0 Å². The van der Waals surface area contributed by atoms with Crippen LogP contribution in [0.25, 0.3) is 0 Å². The van der Waals surface area contributed by atoms with Crippen molar-refractivity contribution in [3.8, 4) is 0 Å². The normalized spacial score (nSPS) is 11.3. The molecule has 0 aromatic heterocycles. The first-order valence-corrected chi connectivity index (χ1v) is 7.30. The molecular formula is C17H26O6. The molecule has 23 heavy (non-hydrogen) atoms. The third-order valence-corrected chi connectivity index (χ3v) is 3.06. The summed E-state index contributed by atoms with van der Waals surface area (Å²) < 4.78 is 15.1. The van der Waals surface area contributed by atoms with Gasteiger partial charge in [-0.2, -0.15) is 0 Å². The molecule has 6 heteroatoms. The summed E-state index contributed by atoms with van der Waals surface area (Å²) in [6.07, 6.45) is 2.48. The zero-order valence-corrected chi connectivity index (χ0v) is 14.3. The molecule has 0 heterocycles.